The van der Waals surface area contributed by atoms with Gasteiger partial charge in [0, 0.05) is 23.3 Å². The zero-order valence-electron chi connectivity index (χ0n) is 11.6. The summed E-state index contributed by atoms with van der Waals surface area (Å²) < 4.78 is 0. The Labute approximate surface area is 120 Å². The van der Waals surface area contributed by atoms with E-state index in [1.54, 1.807) is 11.8 Å². The summed E-state index contributed by atoms with van der Waals surface area (Å²) in [4.78, 5) is 23.3. The molecule has 0 radical (unpaired) electrons. The molecule has 0 N–H and O–H groups in total. The van der Waals surface area contributed by atoms with Gasteiger partial charge in [-0.3, -0.25) is 4.79 Å². The smallest absolute Gasteiger partial charge is 0.162 e. The van der Waals surface area contributed by atoms with Gasteiger partial charge in [0.1, 0.15) is 6.29 Å². The highest BCUT2D eigenvalue weighted by atomic mass is 32.2. The molecule has 19 heavy (non-hydrogen) atoms. The summed E-state index contributed by atoms with van der Waals surface area (Å²) >= 11 is 1.68. The second-order valence-corrected chi connectivity index (χ2v) is 5.50. The third-order valence-corrected chi connectivity index (χ3v) is 3.88. The molecular weight excluding hydrogens is 256 g/mol. The standard InChI is InChI=1S/C16H22O2S/c1-19-15-11-9-14(10-12-15)16(18)8-6-4-2-3-5-7-13-17/h9-13H,2-8H2,1H3. The summed E-state index contributed by atoms with van der Waals surface area (Å²) in [5.41, 5.74) is 0.818. The van der Waals surface area contributed by atoms with E-state index in [0.717, 1.165) is 44.0 Å². The van der Waals surface area contributed by atoms with Crippen LogP contribution in [0.15, 0.2) is 29.2 Å². The highest BCUT2D eigenvalue weighted by Gasteiger charge is 2.05. The summed E-state index contributed by atoms with van der Waals surface area (Å²) in [6, 6.07) is 7.82. The molecule has 3 heteroatoms. The van der Waals surface area contributed by atoms with E-state index >= 15 is 0 Å². The molecule has 0 spiro atoms. The molecule has 0 unspecified atom stereocenters. The summed E-state index contributed by atoms with van der Waals surface area (Å²) in [7, 11) is 0. The molecule has 0 saturated carbocycles. The van der Waals surface area contributed by atoms with Crippen molar-refractivity contribution in [1.29, 1.82) is 0 Å². The molecule has 104 valence electrons. The van der Waals surface area contributed by atoms with Gasteiger partial charge in [0.2, 0.25) is 0 Å². The molecule has 0 heterocycles. The molecule has 0 amide bonds. The van der Waals surface area contributed by atoms with Crippen molar-refractivity contribution in [3.8, 4) is 0 Å². The third kappa shape index (κ3) is 6.58. The van der Waals surface area contributed by atoms with Crippen LogP contribution in [-0.2, 0) is 4.79 Å². The number of rotatable bonds is 10. The van der Waals surface area contributed by atoms with Crippen molar-refractivity contribution in [1.82, 2.24) is 0 Å². The van der Waals surface area contributed by atoms with Gasteiger partial charge in [0.25, 0.3) is 0 Å². The second-order valence-electron chi connectivity index (χ2n) is 4.62. The van der Waals surface area contributed by atoms with E-state index in [9.17, 15) is 9.59 Å². The maximum Gasteiger partial charge on any atom is 0.162 e. The van der Waals surface area contributed by atoms with Crippen molar-refractivity contribution >= 4 is 23.8 Å². The Bertz CT molecular complexity index is 384. The second kappa shape index (κ2) is 9.79. The van der Waals surface area contributed by atoms with Gasteiger partial charge in [-0.2, -0.15) is 0 Å². The van der Waals surface area contributed by atoms with Crippen molar-refractivity contribution in [3.63, 3.8) is 0 Å². The lowest BCUT2D eigenvalue weighted by Crippen LogP contribution is -1.98. The first-order valence-electron chi connectivity index (χ1n) is 6.89. The number of carbonyl (C=O) groups excluding carboxylic acids is 2. The van der Waals surface area contributed by atoms with E-state index in [4.69, 9.17) is 0 Å². The van der Waals surface area contributed by atoms with E-state index in [2.05, 4.69) is 0 Å². The van der Waals surface area contributed by atoms with Crippen LogP contribution in [0.25, 0.3) is 0 Å². The quantitative estimate of drug-likeness (QED) is 0.273. The Morgan fingerprint density at radius 2 is 1.68 bits per heavy atom. The van der Waals surface area contributed by atoms with Gasteiger partial charge in [-0.15, -0.1) is 11.8 Å². The van der Waals surface area contributed by atoms with Gasteiger partial charge in [-0.25, -0.2) is 0 Å². The maximum atomic E-state index is 11.9. The van der Waals surface area contributed by atoms with Gasteiger partial charge < -0.3 is 4.79 Å². The van der Waals surface area contributed by atoms with Crippen LogP contribution in [0.5, 0.6) is 0 Å². The molecule has 0 atom stereocenters. The lowest BCUT2D eigenvalue weighted by atomic mass is 10.0. The van der Waals surface area contributed by atoms with Crippen LogP contribution in [-0.4, -0.2) is 18.3 Å². The Balaban J connectivity index is 2.18. The molecule has 1 rings (SSSR count). The van der Waals surface area contributed by atoms with Crippen molar-refractivity contribution in [2.75, 3.05) is 6.26 Å². The normalized spacial score (nSPS) is 10.4. The fraction of sp³-hybridized carbons (Fsp3) is 0.500. The number of aldehydes is 1. The third-order valence-electron chi connectivity index (χ3n) is 3.14. The number of thioether (sulfide) groups is 1. The number of Topliss-reactive ketones (excluding diaryl/α,β-unsaturated/α-hetero) is 1. The van der Waals surface area contributed by atoms with E-state index in [1.807, 2.05) is 30.5 Å². The Morgan fingerprint density at radius 3 is 2.32 bits per heavy atom. The topological polar surface area (TPSA) is 34.1 Å². The molecular formula is C16H22O2S. The van der Waals surface area contributed by atoms with Crippen LogP contribution in [0.2, 0.25) is 0 Å². The first kappa shape index (κ1) is 16.0. The number of hydrogen-bond acceptors (Lipinski definition) is 3. The fourth-order valence-electron chi connectivity index (χ4n) is 1.96. The predicted octanol–water partition coefficient (Wildman–Crippen LogP) is 4.52. The van der Waals surface area contributed by atoms with Gasteiger partial charge in [-0.1, -0.05) is 31.4 Å². The van der Waals surface area contributed by atoms with Gasteiger partial charge in [0.05, 0.1) is 0 Å². The van der Waals surface area contributed by atoms with Crippen molar-refractivity contribution in [3.05, 3.63) is 29.8 Å². The molecule has 0 aliphatic carbocycles. The summed E-state index contributed by atoms with van der Waals surface area (Å²) in [6.07, 6.45) is 9.52. The largest absolute Gasteiger partial charge is 0.303 e. The Morgan fingerprint density at radius 1 is 1.05 bits per heavy atom. The zero-order valence-corrected chi connectivity index (χ0v) is 12.4. The van der Waals surface area contributed by atoms with E-state index in [-0.39, 0.29) is 5.78 Å². The van der Waals surface area contributed by atoms with Crippen LogP contribution >= 0.6 is 11.8 Å². The lowest BCUT2D eigenvalue weighted by Gasteiger charge is -2.02. The monoisotopic (exact) mass is 278 g/mol. The number of ketones is 1. The molecule has 0 fully saturated rings. The van der Waals surface area contributed by atoms with Crippen molar-refractivity contribution in [2.45, 2.75) is 49.8 Å². The Kier molecular flexibility index (Phi) is 8.23. The summed E-state index contributed by atoms with van der Waals surface area (Å²) in [5.74, 6) is 0.237. The summed E-state index contributed by atoms with van der Waals surface area (Å²) in [5, 5.41) is 0. The average Bonchev–Trinajstić information content (AvgIpc) is 2.46. The summed E-state index contributed by atoms with van der Waals surface area (Å²) in [6.45, 7) is 0. The first-order chi connectivity index (χ1) is 9.27. The Hall–Kier alpha value is -1.09. The molecule has 0 aromatic heterocycles. The number of hydrogen-bond donors (Lipinski definition) is 0. The van der Waals surface area contributed by atoms with Crippen molar-refractivity contribution in [2.24, 2.45) is 0 Å². The molecule has 0 aliphatic heterocycles. The van der Waals surface area contributed by atoms with Crippen LogP contribution in [0, 0.1) is 0 Å². The van der Waals surface area contributed by atoms with Crippen LogP contribution < -0.4 is 0 Å². The number of carbonyl (C=O) groups is 2. The van der Waals surface area contributed by atoms with Crippen LogP contribution in [0.4, 0.5) is 0 Å². The maximum absolute atomic E-state index is 11.9. The minimum Gasteiger partial charge on any atom is -0.303 e. The molecule has 1 aromatic carbocycles. The molecule has 0 aliphatic rings. The molecule has 1 aromatic rings. The van der Waals surface area contributed by atoms with Crippen LogP contribution in [0.3, 0.4) is 0 Å². The average molecular weight is 278 g/mol. The van der Waals surface area contributed by atoms with Gasteiger partial charge >= 0.3 is 0 Å². The fourth-order valence-corrected chi connectivity index (χ4v) is 2.37. The van der Waals surface area contributed by atoms with Gasteiger partial charge in [-0.05, 0) is 31.2 Å². The van der Waals surface area contributed by atoms with Gasteiger partial charge in [0.15, 0.2) is 5.78 Å². The van der Waals surface area contributed by atoms with E-state index in [0.29, 0.717) is 12.8 Å². The van der Waals surface area contributed by atoms with Crippen LogP contribution in [0.1, 0.15) is 55.3 Å². The number of unbranched alkanes of at least 4 members (excludes halogenated alkanes) is 5. The number of benzene rings is 1. The molecule has 2 nitrogen and oxygen atoms in total. The van der Waals surface area contributed by atoms with Crippen molar-refractivity contribution < 1.29 is 9.59 Å². The molecule has 0 bridgehead atoms. The highest BCUT2D eigenvalue weighted by molar-refractivity contribution is 7.98. The lowest BCUT2D eigenvalue weighted by molar-refractivity contribution is -0.107. The zero-order chi connectivity index (χ0) is 13.9. The van der Waals surface area contributed by atoms with E-state index < -0.39 is 0 Å². The minimum atomic E-state index is 0.237. The highest BCUT2D eigenvalue weighted by Crippen LogP contribution is 2.16. The molecule has 0 saturated heterocycles. The predicted molar refractivity (Wildman–Crippen MR) is 80.9 cm³/mol. The van der Waals surface area contributed by atoms with E-state index in [1.165, 1.54) is 4.90 Å². The first-order valence-corrected chi connectivity index (χ1v) is 8.11. The SMILES string of the molecule is CSc1ccc(C(=O)CCCCCCCC=O)cc1. The minimum absolute atomic E-state index is 0.237.